The maximum Gasteiger partial charge on any atom is 0.228 e. The number of hydrogen-bond donors (Lipinski definition) is 1. The van der Waals surface area contributed by atoms with Crippen LogP contribution in [-0.4, -0.2) is 22.3 Å². The topological polar surface area (TPSA) is 56.2 Å². The summed E-state index contributed by atoms with van der Waals surface area (Å²) in [6, 6.07) is 4.16. The fourth-order valence-corrected chi connectivity index (χ4v) is 3.57. The highest BCUT2D eigenvalue weighted by atomic mass is 32.1. The Balaban J connectivity index is 1.67. The van der Waals surface area contributed by atoms with E-state index in [1.807, 2.05) is 19.9 Å². The lowest BCUT2D eigenvalue weighted by Gasteiger charge is -2.22. The van der Waals surface area contributed by atoms with Gasteiger partial charge in [-0.25, -0.2) is 4.68 Å². The summed E-state index contributed by atoms with van der Waals surface area (Å²) in [4.78, 5) is 13.4. The van der Waals surface area contributed by atoms with Crippen LogP contribution in [-0.2, 0) is 16.0 Å². The molecule has 3 rings (SSSR count). The van der Waals surface area contributed by atoms with E-state index in [0.717, 1.165) is 12.2 Å². The summed E-state index contributed by atoms with van der Waals surface area (Å²) in [6.07, 6.45) is 2.86. The van der Waals surface area contributed by atoms with Crippen LogP contribution in [0, 0.1) is 0 Å². The first-order chi connectivity index (χ1) is 10.1. The summed E-state index contributed by atoms with van der Waals surface area (Å²) >= 11 is 1.67. The van der Waals surface area contributed by atoms with Gasteiger partial charge in [-0.3, -0.25) is 4.79 Å². The molecule has 21 heavy (non-hydrogen) atoms. The van der Waals surface area contributed by atoms with E-state index in [2.05, 4.69) is 21.9 Å². The number of ether oxygens (including phenoxy) is 1. The zero-order chi connectivity index (χ0) is 14.8. The minimum absolute atomic E-state index is 0.0383. The van der Waals surface area contributed by atoms with Crippen molar-refractivity contribution in [2.75, 3.05) is 11.9 Å². The highest BCUT2D eigenvalue weighted by Crippen LogP contribution is 2.34. The predicted molar refractivity (Wildman–Crippen MR) is 82.6 cm³/mol. The number of nitrogens with zero attached hydrogens (tertiary/aromatic N) is 2. The van der Waals surface area contributed by atoms with E-state index in [0.29, 0.717) is 13.0 Å². The monoisotopic (exact) mass is 305 g/mol. The molecule has 2 aromatic rings. The Morgan fingerprint density at radius 2 is 2.43 bits per heavy atom. The van der Waals surface area contributed by atoms with Gasteiger partial charge in [0, 0.05) is 17.0 Å². The van der Waals surface area contributed by atoms with Gasteiger partial charge in [0.05, 0.1) is 19.2 Å². The second-order valence-electron chi connectivity index (χ2n) is 5.43. The predicted octanol–water partition coefficient (Wildman–Crippen LogP) is 3.17. The number of hydrogen-bond acceptors (Lipinski definition) is 4. The summed E-state index contributed by atoms with van der Waals surface area (Å²) in [5, 5.41) is 9.21. The van der Waals surface area contributed by atoms with Gasteiger partial charge in [0.1, 0.15) is 11.9 Å². The van der Waals surface area contributed by atoms with Crippen molar-refractivity contribution in [3.05, 3.63) is 34.2 Å². The van der Waals surface area contributed by atoms with E-state index in [9.17, 15) is 4.79 Å². The van der Waals surface area contributed by atoms with Gasteiger partial charge in [0.15, 0.2) is 0 Å². The molecule has 0 aromatic carbocycles. The fourth-order valence-electron chi connectivity index (χ4n) is 2.56. The van der Waals surface area contributed by atoms with Gasteiger partial charge in [0.25, 0.3) is 0 Å². The lowest BCUT2D eigenvalue weighted by atomic mass is 10.1. The van der Waals surface area contributed by atoms with Crippen LogP contribution in [0.4, 0.5) is 5.82 Å². The van der Waals surface area contributed by atoms with Gasteiger partial charge in [0.2, 0.25) is 5.91 Å². The minimum atomic E-state index is -0.121. The van der Waals surface area contributed by atoms with Crippen LogP contribution in [0.3, 0.4) is 0 Å². The van der Waals surface area contributed by atoms with Crippen molar-refractivity contribution in [1.82, 2.24) is 9.78 Å². The number of carbonyl (C=O) groups is 1. The number of amides is 1. The average Bonchev–Trinajstić information content (AvgIpc) is 3.07. The van der Waals surface area contributed by atoms with Crippen molar-refractivity contribution >= 4 is 23.1 Å². The lowest BCUT2D eigenvalue weighted by molar-refractivity contribution is -0.119. The molecule has 1 aliphatic rings. The molecule has 5 nitrogen and oxygen atoms in total. The molecule has 1 N–H and O–H groups in total. The van der Waals surface area contributed by atoms with Crippen LogP contribution in [0.2, 0.25) is 0 Å². The number of nitrogens with one attached hydrogen (secondary N) is 1. The van der Waals surface area contributed by atoms with Crippen LogP contribution >= 0.6 is 11.3 Å². The molecule has 2 aromatic heterocycles. The van der Waals surface area contributed by atoms with Crippen molar-refractivity contribution < 1.29 is 9.53 Å². The van der Waals surface area contributed by atoms with Crippen LogP contribution in [0.1, 0.15) is 42.9 Å². The zero-order valence-corrected chi connectivity index (χ0v) is 13.0. The Morgan fingerprint density at radius 3 is 3.24 bits per heavy atom. The van der Waals surface area contributed by atoms with Crippen LogP contribution in [0.5, 0.6) is 0 Å². The molecule has 0 radical (unpaired) electrons. The van der Waals surface area contributed by atoms with E-state index in [-0.39, 0.29) is 18.1 Å². The highest BCUT2D eigenvalue weighted by Gasteiger charge is 2.25. The first kappa shape index (κ1) is 14.3. The summed E-state index contributed by atoms with van der Waals surface area (Å²) in [5.41, 5.74) is 1.32. The summed E-state index contributed by atoms with van der Waals surface area (Å²) < 4.78 is 7.56. The zero-order valence-electron chi connectivity index (χ0n) is 12.2. The van der Waals surface area contributed by atoms with Gasteiger partial charge in [-0.2, -0.15) is 5.10 Å². The molecular weight excluding hydrogens is 286 g/mol. The molecule has 0 spiro atoms. The van der Waals surface area contributed by atoms with Gasteiger partial charge >= 0.3 is 0 Å². The molecule has 1 amide bonds. The summed E-state index contributed by atoms with van der Waals surface area (Å²) in [7, 11) is 0. The number of rotatable bonds is 4. The third kappa shape index (κ3) is 3.01. The molecule has 112 valence electrons. The number of thiophene rings is 1. The third-order valence-corrected chi connectivity index (χ3v) is 4.61. The van der Waals surface area contributed by atoms with Gasteiger partial charge in [-0.1, -0.05) is 0 Å². The fraction of sp³-hybridized carbons (Fsp3) is 0.467. The lowest BCUT2D eigenvalue weighted by Crippen LogP contribution is -2.22. The van der Waals surface area contributed by atoms with Crippen molar-refractivity contribution in [1.29, 1.82) is 0 Å². The molecule has 0 saturated carbocycles. The highest BCUT2D eigenvalue weighted by molar-refractivity contribution is 7.10. The number of fused-ring (bicyclic) bond motifs is 1. The quantitative estimate of drug-likeness (QED) is 0.944. The van der Waals surface area contributed by atoms with Crippen LogP contribution in [0.25, 0.3) is 0 Å². The Bertz CT molecular complexity index is 632. The normalized spacial score (nSPS) is 17.8. The first-order valence-corrected chi connectivity index (χ1v) is 8.04. The summed E-state index contributed by atoms with van der Waals surface area (Å²) in [6.45, 7) is 4.75. The molecule has 0 saturated heterocycles. The first-order valence-electron chi connectivity index (χ1n) is 7.16. The van der Waals surface area contributed by atoms with Crippen LogP contribution < -0.4 is 5.32 Å². The summed E-state index contributed by atoms with van der Waals surface area (Å²) in [5.74, 6) is 0.695. The molecule has 6 heteroatoms. The molecule has 0 unspecified atom stereocenters. The molecule has 3 heterocycles. The molecule has 1 aliphatic heterocycles. The van der Waals surface area contributed by atoms with Gasteiger partial charge in [-0.15, -0.1) is 11.3 Å². The minimum Gasteiger partial charge on any atom is -0.372 e. The maximum absolute atomic E-state index is 12.3. The maximum atomic E-state index is 12.3. The molecule has 1 atom stereocenters. The van der Waals surface area contributed by atoms with Gasteiger partial charge < -0.3 is 10.1 Å². The average molecular weight is 305 g/mol. The second-order valence-corrected chi connectivity index (χ2v) is 6.37. The largest absolute Gasteiger partial charge is 0.372 e. The Morgan fingerprint density at radius 1 is 1.57 bits per heavy atom. The van der Waals surface area contributed by atoms with Crippen LogP contribution in [0.15, 0.2) is 23.7 Å². The van der Waals surface area contributed by atoms with Crippen molar-refractivity contribution in [3.8, 4) is 0 Å². The standard InChI is InChI=1S/C15H19N3O2S/c1-10(2)18-13(3-6-16-18)17-14(19)9-12-15-11(4-7-20-12)5-8-21-15/h3,5-6,8,10,12H,4,7,9H2,1-2H3,(H,17,19)/t12-/m0/s1. The molecule has 0 bridgehead atoms. The number of aromatic nitrogens is 2. The van der Waals surface area contributed by atoms with E-state index in [1.165, 1.54) is 10.4 Å². The van der Waals surface area contributed by atoms with E-state index in [4.69, 9.17) is 4.74 Å². The Hall–Kier alpha value is -1.66. The second kappa shape index (κ2) is 5.99. The number of anilines is 1. The molecule has 0 fully saturated rings. The van der Waals surface area contributed by atoms with Gasteiger partial charge in [-0.05, 0) is 37.3 Å². The Kier molecular flexibility index (Phi) is 4.07. The number of carbonyl (C=O) groups excluding carboxylic acids is 1. The third-order valence-electron chi connectivity index (χ3n) is 3.56. The molecule has 0 aliphatic carbocycles. The molecular formula is C15H19N3O2S. The smallest absolute Gasteiger partial charge is 0.228 e. The van der Waals surface area contributed by atoms with Crippen molar-refractivity contribution in [2.45, 2.75) is 38.8 Å². The van der Waals surface area contributed by atoms with E-state index in [1.54, 1.807) is 22.2 Å². The van der Waals surface area contributed by atoms with Crippen molar-refractivity contribution in [3.63, 3.8) is 0 Å². The van der Waals surface area contributed by atoms with E-state index < -0.39 is 0 Å². The Labute approximate surface area is 127 Å². The van der Waals surface area contributed by atoms with E-state index >= 15 is 0 Å². The van der Waals surface area contributed by atoms with Crippen molar-refractivity contribution in [2.24, 2.45) is 0 Å². The SMILES string of the molecule is CC(C)n1nccc1NC(=O)C[C@@H]1OCCc2ccsc21.